The number of carbonyl (C=O) groups is 1. The average molecular weight is 410 g/mol. The normalized spacial score (nSPS) is 29.3. The van der Waals surface area contributed by atoms with Crippen molar-refractivity contribution in [2.45, 2.75) is 50.7 Å². The van der Waals surface area contributed by atoms with Crippen molar-refractivity contribution in [2.75, 3.05) is 0 Å². The third kappa shape index (κ3) is 2.56. The van der Waals surface area contributed by atoms with E-state index < -0.39 is 0 Å². The fourth-order valence-electron chi connectivity index (χ4n) is 6.51. The molecule has 0 radical (unpaired) electrons. The van der Waals surface area contributed by atoms with Gasteiger partial charge in [-0.05, 0) is 61.1 Å². The maximum atomic E-state index is 13.7. The SMILES string of the molecule is N#Cc1ccc2c(c1)O[C@@H]1[C@@H](C2)C(=O)[C@@H]2Cc3ccc(C#N)cc3O[C@H]2C12CCCC2. The zero-order chi connectivity index (χ0) is 21.2. The Bertz CT molecular complexity index is 1100. The molecule has 0 unspecified atom stereocenters. The number of ether oxygens (including phenoxy) is 2. The quantitative estimate of drug-likeness (QED) is 0.653. The van der Waals surface area contributed by atoms with E-state index in [0.29, 0.717) is 24.0 Å². The summed E-state index contributed by atoms with van der Waals surface area (Å²) >= 11 is 0. The van der Waals surface area contributed by atoms with E-state index in [1.54, 1.807) is 24.3 Å². The molecule has 5 heteroatoms. The summed E-state index contributed by atoms with van der Waals surface area (Å²) in [5, 5.41) is 18.6. The molecule has 2 aromatic carbocycles. The summed E-state index contributed by atoms with van der Waals surface area (Å²) in [7, 11) is 0. The van der Waals surface area contributed by atoms with Crippen LogP contribution in [-0.2, 0) is 17.6 Å². The molecule has 2 saturated carbocycles. The second-order valence-corrected chi connectivity index (χ2v) is 9.41. The second kappa shape index (κ2) is 6.59. The summed E-state index contributed by atoms with van der Waals surface area (Å²) < 4.78 is 13.1. The van der Waals surface area contributed by atoms with Crippen LogP contribution in [-0.4, -0.2) is 18.0 Å². The number of rotatable bonds is 0. The van der Waals surface area contributed by atoms with E-state index in [1.807, 2.05) is 12.1 Å². The van der Waals surface area contributed by atoms with E-state index in [-0.39, 0.29) is 35.2 Å². The lowest BCUT2D eigenvalue weighted by molar-refractivity contribution is -0.167. The lowest BCUT2D eigenvalue weighted by atomic mass is 9.56. The van der Waals surface area contributed by atoms with Crippen LogP contribution in [0.2, 0.25) is 0 Å². The van der Waals surface area contributed by atoms with Crippen LogP contribution in [0.4, 0.5) is 0 Å². The standard InChI is InChI=1S/C26H22N2O3/c27-13-15-3-5-17-11-19-23(29)20-12-18-6-4-16(14-28)10-22(18)31-25(20)26(7-1-2-8-26)24(19)30-21(17)9-15/h3-6,9-10,19-20,24-25H,1-2,7-8,11-12H2/t19-,20-,24+,25+/m0/s1. The highest BCUT2D eigenvalue weighted by atomic mass is 16.5. The largest absolute Gasteiger partial charge is 0.489 e. The van der Waals surface area contributed by atoms with Crippen molar-refractivity contribution in [3.63, 3.8) is 0 Å². The predicted octanol–water partition coefficient (Wildman–Crippen LogP) is 4.11. The van der Waals surface area contributed by atoms with E-state index in [1.165, 1.54) is 0 Å². The first kappa shape index (κ1) is 18.5. The van der Waals surface area contributed by atoms with Gasteiger partial charge in [-0.15, -0.1) is 0 Å². The van der Waals surface area contributed by atoms with Crippen molar-refractivity contribution >= 4 is 5.78 Å². The molecule has 0 N–H and O–H groups in total. The molecular weight excluding hydrogens is 388 g/mol. The van der Waals surface area contributed by atoms with Crippen LogP contribution >= 0.6 is 0 Å². The number of nitrogens with zero attached hydrogens (tertiary/aromatic N) is 2. The number of fused-ring (bicyclic) bond motifs is 6. The minimum atomic E-state index is -0.231. The fraction of sp³-hybridized carbons (Fsp3) is 0.423. The minimum Gasteiger partial charge on any atom is -0.489 e. The van der Waals surface area contributed by atoms with Gasteiger partial charge in [0, 0.05) is 5.41 Å². The van der Waals surface area contributed by atoms with Gasteiger partial charge in [0.2, 0.25) is 0 Å². The maximum Gasteiger partial charge on any atom is 0.147 e. The van der Waals surface area contributed by atoms with Gasteiger partial charge in [0.25, 0.3) is 0 Å². The molecule has 31 heavy (non-hydrogen) atoms. The molecule has 1 spiro atoms. The van der Waals surface area contributed by atoms with Crippen molar-refractivity contribution in [2.24, 2.45) is 17.3 Å². The van der Waals surface area contributed by atoms with E-state index in [4.69, 9.17) is 9.47 Å². The summed E-state index contributed by atoms with van der Waals surface area (Å²) in [6.07, 6.45) is 5.02. The number of nitriles is 2. The summed E-state index contributed by atoms with van der Waals surface area (Å²) in [5.74, 6) is 1.35. The molecule has 4 aliphatic rings. The van der Waals surface area contributed by atoms with Gasteiger partial charge in [-0.25, -0.2) is 0 Å². The average Bonchev–Trinajstić information content (AvgIpc) is 3.31. The van der Waals surface area contributed by atoms with Gasteiger partial charge in [0.1, 0.15) is 29.5 Å². The van der Waals surface area contributed by atoms with Crippen molar-refractivity contribution in [3.8, 4) is 23.6 Å². The number of ketones is 1. The summed E-state index contributed by atoms with van der Waals surface area (Å²) in [4.78, 5) is 13.7. The molecule has 2 aliphatic heterocycles. The topological polar surface area (TPSA) is 83.1 Å². The van der Waals surface area contributed by atoms with Crippen LogP contribution in [0.25, 0.3) is 0 Å². The molecule has 0 aromatic heterocycles. The number of carbonyl (C=O) groups excluding carboxylic acids is 1. The molecule has 2 heterocycles. The molecule has 0 bridgehead atoms. The second-order valence-electron chi connectivity index (χ2n) is 9.41. The summed E-state index contributed by atoms with van der Waals surface area (Å²) in [6.45, 7) is 0. The van der Waals surface area contributed by atoms with Crippen LogP contribution in [0.5, 0.6) is 11.5 Å². The van der Waals surface area contributed by atoms with Crippen molar-refractivity contribution < 1.29 is 14.3 Å². The molecular formula is C26H22N2O3. The van der Waals surface area contributed by atoms with Gasteiger partial charge in [-0.3, -0.25) is 4.79 Å². The first-order valence-electron chi connectivity index (χ1n) is 11.1. The molecule has 0 saturated heterocycles. The molecule has 6 rings (SSSR count). The predicted molar refractivity (Wildman–Crippen MR) is 111 cm³/mol. The number of hydrogen-bond acceptors (Lipinski definition) is 5. The maximum absolute atomic E-state index is 13.7. The van der Waals surface area contributed by atoms with Crippen LogP contribution in [0, 0.1) is 39.9 Å². The van der Waals surface area contributed by atoms with Crippen molar-refractivity contribution in [1.29, 1.82) is 10.5 Å². The Hall–Kier alpha value is -3.31. The zero-order valence-electron chi connectivity index (χ0n) is 17.1. The van der Waals surface area contributed by atoms with Gasteiger partial charge in [0.05, 0.1) is 35.1 Å². The molecule has 5 nitrogen and oxygen atoms in total. The molecule has 0 amide bonds. The highest BCUT2D eigenvalue weighted by Crippen LogP contribution is 2.58. The van der Waals surface area contributed by atoms with E-state index in [9.17, 15) is 15.3 Å². The van der Waals surface area contributed by atoms with Gasteiger partial charge in [-0.1, -0.05) is 25.0 Å². The number of benzene rings is 2. The van der Waals surface area contributed by atoms with Crippen molar-refractivity contribution in [1.82, 2.24) is 0 Å². The van der Waals surface area contributed by atoms with Gasteiger partial charge in [0.15, 0.2) is 0 Å². The number of Topliss-reactive ketones (excluding diaryl/α,β-unsaturated/α-hetero) is 1. The monoisotopic (exact) mass is 410 g/mol. The molecule has 2 aromatic rings. The Morgan fingerprint density at radius 1 is 0.806 bits per heavy atom. The Balaban J connectivity index is 1.45. The lowest BCUT2D eigenvalue weighted by Gasteiger charge is -2.55. The van der Waals surface area contributed by atoms with Crippen LogP contribution in [0.3, 0.4) is 0 Å². The van der Waals surface area contributed by atoms with Gasteiger partial charge in [-0.2, -0.15) is 10.5 Å². The Kier molecular flexibility index (Phi) is 3.93. The van der Waals surface area contributed by atoms with Crippen LogP contribution < -0.4 is 9.47 Å². The third-order valence-electron chi connectivity index (χ3n) is 7.91. The number of hydrogen-bond donors (Lipinski definition) is 0. The first-order valence-corrected chi connectivity index (χ1v) is 11.1. The Labute approximate surface area is 181 Å². The van der Waals surface area contributed by atoms with E-state index in [0.717, 1.165) is 48.3 Å². The van der Waals surface area contributed by atoms with E-state index >= 15 is 0 Å². The Morgan fingerprint density at radius 2 is 1.29 bits per heavy atom. The highest BCUT2D eigenvalue weighted by molar-refractivity contribution is 5.87. The highest BCUT2D eigenvalue weighted by Gasteiger charge is 2.64. The molecule has 2 aliphatic carbocycles. The van der Waals surface area contributed by atoms with Crippen LogP contribution in [0.15, 0.2) is 36.4 Å². The van der Waals surface area contributed by atoms with Crippen molar-refractivity contribution in [3.05, 3.63) is 58.7 Å². The van der Waals surface area contributed by atoms with Gasteiger partial charge >= 0.3 is 0 Å². The van der Waals surface area contributed by atoms with Crippen LogP contribution in [0.1, 0.15) is 47.9 Å². The molecule has 2 fully saturated rings. The Morgan fingerprint density at radius 3 is 1.74 bits per heavy atom. The zero-order valence-corrected chi connectivity index (χ0v) is 17.1. The summed E-state index contributed by atoms with van der Waals surface area (Å²) in [5.41, 5.74) is 2.95. The fourth-order valence-corrected chi connectivity index (χ4v) is 6.51. The summed E-state index contributed by atoms with van der Waals surface area (Å²) in [6, 6.07) is 15.5. The molecule has 154 valence electrons. The minimum absolute atomic E-state index is 0.177. The first-order chi connectivity index (χ1) is 15.1. The third-order valence-corrected chi connectivity index (χ3v) is 7.91. The van der Waals surface area contributed by atoms with E-state index in [2.05, 4.69) is 12.1 Å². The lowest BCUT2D eigenvalue weighted by Crippen LogP contribution is -2.65. The molecule has 4 atom stereocenters. The smallest absolute Gasteiger partial charge is 0.147 e. The van der Waals surface area contributed by atoms with Gasteiger partial charge < -0.3 is 9.47 Å².